The van der Waals surface area contributed by atoms with E-state index in [0.29, 0.717) is 0 Å². The van der Waals surface area contributed by atoms with Gasteiger partial charge < -0.3 is 14.9 Å². The van der Waals surface area contributed by atoms with Crippen LogP contribution in [0.3, 0.4) is 0 Å². The van der Waals surface area contributed by atoms with Crippen molar-refractivity contribution in [3.63, 3.8) is 0 Å². The first kappa shape index (κ1) is 16.2. The van der Waals surface area contributed by atoms with Gasteiger partial charge in [-0.3, -0.25) is 14.4 Å². The molecule has 1 fully saturated rings. The van der Waals surface area contributed by atoms with Crippen molar-refractivity contribution in [1.29, 1.82) is 0 Å². The number of hydrogen-bond donors (Lipinski definition) is 1. The summed E-state index contributed by atoms with van der Waals surface area (Å²) in [5.41, 5.74) is 0.0910. The van der Waals surface area contributed by atoms with Gasteiger partial charge in [0.1, 0.15) is 18.4 Å². The Bertz CT molecular complexity index is 637. The Hall–Kier alpha value is -2.15. The minimum absolute atomic E-state index is 0.0908. The summed E-state index contributed by atoms with van der Waals surface area (Å²) >= 11 is 5.57. The molecule has 2 amide bonds. The smallest absolute Gasteiger partial charge is 0.323 e. The molecule has 0 saturated carbocycles. The Kier molecular flexibility index (Phi) is 4.65. The zero-order chi connectivity index (χ0) is 16.4. The van der Waals surface area contributed by atoms with Crippen LogP contribution >= 0.6 is 11.6 Å². The van der Waals surface area contributed by atoms with Gasteiger partial charge in [0.25, 0.3) is 5.91 Å². The Balaban J connectivity index is 2.16. The number of hydrogen-bond acceptors (Lipinski definition) is 3. The van der Waals surface area contributed by atoms with E-state index in [-0.39, 0.29) is 23.7 Å². The van der Waals surface area contributed by atoms with Crippen LogP contribution in [-0.4, -0.2) is 58.4 Å². The molecule has 1 N–H and O–H groups in total. The van der Waals surface area contributed by atoms with Crippen molar-refractivity contribution in [3.05, 3.63) is 34.6 Å². The summed E-state index contributed by atoms with van der Waals surface area (Å²) in [5.74, 6) is -2.76. The largest absolute Gasteiger partial charge is 0.480 e. The highest BCUT2D eigenvalue weighted by Gasteiger charge is 2.35. The van der Waals surface area contributed by atoms with Crippen molar-refractivity contribution < 1.29 is 23.9 Å². The zero-order valence-electron chi connectivity index (χ0n) is 11.8. The molecule has 22 heavy (non-hydrogen) atoms. The summed E-state index contributed by atoms with van der Waals surface area (Å²) in [5, 5.41) is 8.66. The van der Waals surface area contributed by atoms with E-state index >= 15 is 0 Å². The first-order valence-corrected chi connectivity index (χ1v) is 6.95. The number of halogens is 2. The van der Waals surface area contributed by atoms with Crippen molar-refractivity contribution in [2.75, 3.05) is 19.6 Å². The highest BCUT2D eigenvalue weighted by molar-refractivity contribution is 6.30. The molecule has 1 aromatic rings. The van der Waals surface area contributed by atoms with Gasteiger partial charge in [0.15, 0.2) is 0 Å². The van der Waals surface area contributed by atoms with Crippen LogP contribution in [0, 0.1) is 5.82 Å². The molecule has 1 heterocycles. The molecular weight excluding hydrogens is 315 g/mol. The van der Waals surface area contributed by atoms with Crippen molar-refractivity contribution >= 4 is 29.4 Å². The van der Waals surface area contributed by atoms with Crippen LogP contribution in [0.1, 0.15) is 17.3 Å². The van der Waals surface area contributed by atoms with Crippen LogP contribution in [0.5, 0.6) is 0 Å². The number of carboxylic acid groups (broad SMARTS) is 1. The van der Waals surface area contributed by atoms with E-state index in [1.54, 1.807) is 0 Å². The van der Waals surface area contributed by atoms with Crippen molar-refractivity contribution in [1.82, 2.24) is 9.80 Å². The fourth-order valence-corrected chi connectivity index (χ4v) is 2.44. The molecule has 1 aliphatic rings. The lowest BCUT2D eigenvalue weighted by atomic mass is 10.1. The summed E-state index contributed by atoms with van der Waals surface area (Å²) < 4.78 is 13.4. The number of piperazine rings is 1. The fourth-order valence-electron chi connectivity index (χ4n) is 2.32. The fraction of sp³-hybridized carbons (Fsp3) is 0.357. The molecule has 0 unspecified atom stereocenters. The maximum absolute atomic E-state index is 13.4. The van der Waals surface area contributed by atoms with Crippen LogP contribution in [0.2, 0.25) is 5.02 Å². The molecule has 1 aromatic carbocycles. The number of nitrogens with zero attached hydrogens (tertiary/aromatic N) is 2. The summed E-state index contributed by atoms with van der Waals surface area (Å²) in [7, 11) is 0. The molecule has 6 nitrogen and oxygen atoms in total. The Morgan fingerprint density at radius 3 is 2.68 bits per heavy atom. The van der Waals surface area contributed by atoms with Gasteiger partial charge in [-0.15, -0.1) is 0 Å². The van der Waals surface area contributed by atoms with Crippen molar-refractivity contribution in [3.8, 4) is 0 Å². The highest BCUT2D eigenvalue weighted by Crippen LogP contribution is 2.19. The molecule has 1 aliphatic heterocycles. The number of carbonyl (C=O) groups excluding carboxylic acids is 2. The molecular formula is C14H14ClFN2O4. The third-order valence-corrected chi connectivity index (χ3v) is 3.81. The number of amides is 2. The highest BCUT2D eigenvalue weighted by atomic mass is 35.5. The van der Waals surface area contributed by atoms with Gasteiger partial charge in [0.05, 0.1) is 5.02 Å². The second-order valence-corrected chi connectivity index (χ2v) is 5.36. The average Bonchev–Trinajstić information content (AvgIpc) is 2.46. The van der Waals surface area contributed by atoms with E-state index in [9.17, 15) is 18.8 Å². The van der Waals surface area contributed by atoms with Gasteiger partial charge in [-0.2, -0.15) is 0 Å². The normalized spacial score (nSPS) is 18.5. The topological polar surface area (TPSA) is 77.9 Å². The molecule has 0 aromatic heterocycles. The Morgan fingerprint density at radius 2 is 2.09 bits per heavy atom. The molecule has 0 spiro atoms. The standard InChI is InChI=1S/C14H14ClFN2O4/c1-8-13(21)17(7-12(19)20)4-5-18(8)14(22)9-2-3-10(15)11(16)6-9/h2-3,6,8H,4-5,7H2,1H3,(H,19,20)/t8-/m1/s1. The van der Waals surface area contributed by atoms with Gasteiger partial charge in [-0.05, 0) is 25.1 Å². The van der Waals surface area contributed by atoms with Crippen LogP contribution < -0.4 is 0 Å². The number of rotatable bonds is 3. The van der Waals surface area contributed by atoms with Crippen molar-refractivity contribution in [2.45, 2.75) is 13.0 Å². The predicted octanol–water partition coefficient (Wildman–Crippen LogP) is 1.24. The van der Waals surface area contributed by atoms with Crippen LogP contribution in [0.15, 0.2) is 18.2 Å². The lowest BCUT2D eigenvalue weighted by Gasteiger charge is -2.38. The molecule has 2 rings (SSSR count). The van der Waals surface area contributed by atoms with Crippen LogP contribution in [0.4, 0.5) is 4.39 Å². The van der Waals surface area contributed by atoms with Gasteiger partial charge in [0.2, 0.25) is 5.91 Å². The van der Waals surface area contributed by atoms with Crippen LogP contribution in [-0.2, 0) is 9.59 Å². The quantitative estimate of drug-likeness (QED) is 0.905. The Morgan fingerprint density at radius 1 is 1.41 bits per heavy atom. The molecule has 118 valence electrons. The number of carboxylic acids is 1. The molecule has 0 bridgehead atoms. The maximum atomic E-state index is 13.4. The molecule has 0 radical (unpaired) electrons. The molecule has 0 aliphatic carbocycles. The van der Waals surface area contributed by atoms with E-state index in [4.69, 9.17) is 16.7 Å². The minimum Gasteiger partial charge on any atom is -0.480 e. The van der Waals surface area contributed by atoms with E-state index in [0.717, 1.165) is 6.07 Å². The van der Waals surface area contributed by atoms with E-state index in [1.165, 1.54) is 28.9 Å². The van der Waals surface area contributed by atoms with Gasteiger partial charge >= 0.3 is 5.97 Å². The Labute approximate surface area is 131 Å². The molecule has 1 saturated heterocycles. The second kappa shape index (κ2) is 6.31. The number of benzene rings is 1. The van der Waals surface area contributed by atoms with E-state index < -0.39 is 36.2 Å². The lowest BCUT2D eigenvalue weighted by molar-refractivity contribution is -0.148. The maximum Gasteiger partial charge on any atom is 0.323 e. The number of aliphatic carboxylic acids is 1. The van der Waals surface area contributed by atoms with E-state index in [1.807, 2.05) is 0 Å². The number of carbonyl (C=O) groups is 3. The summed E-state index contributed by atoms with van der Waals surface area (Å²) in [6.45, 7) is 1.42. The van der Waals surface area contributed by atoms with Gasteiger partial charge in [-0.25, -0.2) is 4.39 Å². The molecule has 8 heteroatoms. The van der Waals surface area contributed by atoms with Gasteiger partial charge in [-0.1, -0.05) is 11.6 Å². The SMILES string of the molecule is C[C@@H]1C(=O)N(CC(=O)O)CCN1C(=O)c1ccc(Cl)c(F)c1. The van der Waals surface area contributed by atoms with Crippen LogP contribution in [0.25, 0.3) is 0 Å². The lowest BCUT2D eigenvalue weighted by Crippen LogP contribution is -2.58. The predicted molar refractivity (Wildman–Crippen MR) is 76.1 cm³/mol. The second-order valence-electron chi connectivity index (χ2n) is 4.96. The van der Waals surface area contributed by atoms with Crippen molar-refractivity contribution in [2.24, 2.45) is 0 Å². The first-order valence-electron chi connectivity index (χ1n) is 6.58. The third kappa shape index (κ3) is 3.19. The molecule has 1 atom stereocenters. The third-order valence-electron chi connectivity index (χ3n) is 3.50. The summed E-state index contributed by atoms with van der Waals surface area (Å²) in [6, 6.07) is 2.87. The average molecular weight is 329 g/mol. The minimum atomic E-state index is -1.11. The zero-order valence-corrected chi connectivity index (χ0v) is 12.5. The summed E-state index contributed by atoms with van der Waals surface area (Å²) in [4.78, 5) is 37.7. The van der Waals surface area contributed by atoms with E-state index in [2.05, 4.69) is 0 Å². The first-order chi connectivity index (χ1) is 10.3. The monoisotopic (exact) mass is 328 g/mol. The summed E-state index contributed by atoms with van der Waals surface area (Å²) in [6.07, 6.45) is 0. The van der Waals surface area contributed by atoms with Gasteiger partial charge in [0, 0.05) is 18.7 Å².